The highest BCUT2D eigenvalue weighted by atomic mass is 32.1. The highest BCUT2D eigenvalue weighted by Gasteiger charge is 2.22. The Kier molecular flexibility index (Phi) is 4.99. The molecular formula is C19H20N4O2S. The third-order valence-corrected chi connectivity index (χ3v) is 5.20. The summed E-state index contributed by atoms with van der Waals surface area (Å²) in [7, 11) is 0. The number of carbonyl (C=O) groups excluding carboxylic acids is 1. The van der Waals surface area contributed by atoms with Crippen molar-refractivity contribution >= 4 is 23.1 Å². The standard InChI is InChI=1S/C19H20N4O2S/c24-19(20-15-5-2-1-3-6-15)23-10-8-22(9-11-23)13-18-21-16(14-26-18)17-7-4-12-25-17/h1-7,12,14H,8-11,13H2,(H,20,24). The first-order valence-corrected chi connectivity index (χ1v) is 9.47. The molecule has 6 nitrogen and oxygen atoms in total. The van der Waals surface area contributed by atoms with E-state index >= 15 is 0 Å². The number of aromatic nitrogens is 1. The van der Waals surface area contributed by atoms with Crippen molar-refractivity contribution in [2.75, 3.05) is 31.5 Å². The van der Waals surface area contributed by atoms with Gasteiger partial charge in [0.25, 0.3) is 0 Å². The summed E-state index contributed by atoms with van der Waals surface area (Å²) in [4.78, 5) is 21.2. The Labute approximate surface area is 156 Å². The predicted octanol–water partition coefficient (Wildman–Crippen LogP) is 3.75. The molecule has 0 atom stereocenters. The summed E-state index contributed by atoms with van der Waals surface area (Å²) < 4.78 is 5.39. The van der Waals surface area contributed by atoms with E-state index < -0.39 is 0 Å². The van der Waals surface area contributed by atoms with E-state index in [0.717, 1.165) is 54.9 Å². The summed E-state index contributed by atoms with van der Waals surface area (Å²) in [6.45, 7) is 3.93. The largest absolute Gasteiger partial charge is 0.463 e. The van der Waals surface area contributed by atoms with Crippen molar-refractivity contribution < 1.29 is 9.21 Å². The Morgan fingerprint density at radius 2 is 1.92 bits per heavy atom. The fourth-order valence-corrected chi connectivity index (χ4v) is 3.77. The van der Waals surface area contributed by atoms with Gasteiger partial charge in [0.2, 0.25) is 0 Å². The van der Waals surface area contributed by atoms with Gasteiger partial charge in [-0.05, 0) is 24.3 Å². The van der Waals surface area contributed by atoms with Crippen molar-refractivity contribution in [2.24, 2.45) is 0 Å². The number of carbonyl (C=O) groups is 1. The molecule has 0 saturated carbocycles. The Bertz CT molecular complexity index is 840. The first kappa shape index (κ1) is 16.8. The predicted molar refractivity (Wildman–Crippen MR) is 102 cm³/mol. The van der Waals surface area contributed by atoms with E-state index in [2.05, 4.69) is 15.2 Å². The summed E-state index contributed by atoms with van der Waals surface area (Å²) in [5, 5.41) is 6.04. The van der Waals surface area contributed by atoms with Crippen LogP contribution in [0.25, 0.3) is 11.5 Å². The molecule has 1 N–H and O–H groups in total. The average Bonchev–Trinajstić information content (AvgIpc) is 3.35. The normalized spacial score (nSPS) is 15.2. The SMILES string of the molecule is O=C(Nc1ccccc1)N1CCN(Cc2nc(-c3ccco3)cs2)CC1. The van der Waals surface area contributed by atoms with Gasteiger partial charge in [0.05, 0.1) is 12.8 Å². The van der Waals surface area contributed by atoms with Crippen LogP contribution in [0.2, 0.25) is 0 Å². The van der Waals surface area contributed by atoms with Crippen LogP contribution in [0.4, 0.5) is 10.5 Å². The Balaban J connectivity index is 1.28. The molecule has 1 fully saturated rings. The summed E-state index contributed by atoms with van der Waals surface area (Å²) in [6, 6.07) is 13.3. The van der Waals surface area contributed by atoms with Gasteiger partial charge < -0.3 is 14.6 Å². The van der Waals surface area contributed by atoms with E-state index in [0.29, 0.717) is 0 Å². The molecule has 0 radical (unpaired) electrons. The second-order valence-corrected chi connectivity index (χ2v) is 7.11. The number of hydrogen-bond acceptors (Lipinski definition) is 5. The molecule has 1 aliphatic rings. The molecule has 2 amide bonds. The van der Waals surface area contributed by atoms with Crippen molar-refractivity contribution in [1.82, 2.24) is 14.8 Å². The molecule has 3 aromatic rings. The second kappa shape index (κ2) is 7.72. The molecule has 2 aromatic heterocycles. The molecule has 26 heavy (non-hydrogen) atoms. The van der Waals surface area contributed by atoms with E-state index in [1.165, 1.54) is 0 Å². The topological polar surface area (TPSA) is 61.6 Å². The summed E-state index contributed by atoms with van der Waals surface area (Å²) in [5.74, 6) is 0.801. The number of anilines is 1. The van der Waals surface area contributed by atoms with Crippen molar-refractivity contribution in [3.63, 3.8) is 0 Å². The number of urea groups is 1. The van der Waals surface area contributed by atoms with Crippen LogP contribution < -0.4 is 5.32 Å². The molecule has 0 bridgehead atoms. The lowest BCUT2D eigenvalue weighted by Gasteiger charge is -2.34. The molecule has 1 aromatic carbocycles. The second-order valence-electron chi connectivity index (χ2n) is 6.16. The highest BCUT2D eigenvalue weighted by molar-refractivity contribution is 7.09. The summed E-state index contributed by atoms with van der Waals surface area (Å²) in [5.41, 5.74) is 1.71. The molecule has 0 unspecified atom stereocenters. The molecule has 3 heterocycles. The molecular weight excluding hydrogens is 348 g/mol. The molecule has 0 aliphatic carbocycles. The molecule has 1 saturated heterocycles. The minimum atomic E-state index is -0.0368. The van der Waals surface area contributed by atoms with Crippen LogP contribution >= 0.6 is 11.3 Å². The van der Waals surface area contributed by atoms with Crippen LogP contribution in [0.3, 0.4) is 0 Å². The van der Waals surface area contributed by atoms with Gasteiger partial charge in [0, 0.05) is 37.2 Å². The number of amides is 2. The number of furan rings is 1. The van der Waals surface area contributed by atoms with Gasteiger partial charge in [-0.1, -0.05) is 18.2 Å². The Morgan fingerprint density at radius 3 is 2.65 bits per heavy atom. The molecule has 0 spiro atoms. The van der Waals surface area contributed by atoms with Gasteiger partial charge in [-0.15, -0.1) is 11.3 Å². The van der Waals surface area contributed by atoms with Gasteiger partial charge in [0.1, 0.15) is 10.7 Å². The molecule has 1 aliphatic heterocycles. The number of piperazine rings is 1. The summed E-state index contributed by atoms with van der Waals surface area (Å²) in [6.07, 6.45) is 1.66. The zero-order valence-electron chi connectivity index (χ0n) is 14.3. The monoisotopic (exact) mass is 368 g/mol. The van der Waals surface area contributed by atoms with Gasteiger partial charge >= 0.3 is 6.03 Å². The van der Waals surface area contributed by atoms with E-state index in [1.807, 2.05) is 52.7 Å². The van der Waals surface area contributed by atoms with Crippen molar-refractivity contribution in [2.45, 2.75) is 6.54 Å². The first-order valence-electron chi connectivity index (χ1n) is 8.59. The molecule has 4 rings (SSSR count). The van der Waals surface area contributed by atoms with Crippen LogP contribution in [0.5, 0.6) is 0 Å². The quantitative estimate of drug-likeness (QED) is 0.762. The molecule has 134 valence electrons. The Hall–Kier alpha value is -2.64. The van der Waals surface area contributed by atoms with E-state index in [9.17, 15) is 4.79 Å². The number of para-hydroxylation sites is 1. The van der Waals surface area contributed by atoms with Crippen LogP contribution in [0.1, 0.15) is 5.01 Å². The average molecular weight is 368 g/mol. The maximum Gasteiger partial charge on any atom is 0.321 e. The number of nitrogens with one attached hydrogen (secondary N) is 1. The van der Waals surface area contributed by atoms with Gasteiger partial charge in [0.15, 0.2) is 5.76 Å². The number of thiazole rings is 1. The summed E-state index contributed by atoms with van der Waals surface area (Å²) >= 11 is 1.64. The zero-order valence-corrected chi connectivity index (χ0v) is 15.1. The van der Waals surface area contributed by atoms with E-state index in [4.69, 9.17) is 4.42 Å². The lowest BCUT2D eigenvalue weighted by atomic mass is 10.3. The minimum absolute atomic E-state index is 0.0368. The van der Waals surface area contributed by atoms with E-state index in [-0.39, 0.29) is 6.03 Å². The van der Waals surface area contributed by atoms with Crippen LogP contribution in [0.15, 0.2) is 58.5 Å². The van der Waals surface area contributed by atoms with Crippen LogP contribution in [-0.4, -0.2) is 47.0 Å². The third-order valence-electron chi connectivity index (χ3n) is 4.37. The smallest absolute Gasteiger partial charge is 0.321 e. The van der Waals surface area contributed by atoms with Gasteiger partial charge in [-0.3, -0.25) is 4.90 Å². The number of hydrogen-bond donors (Lipinski definition) is 1. The number of benzene rings is 1. The lowest BCUT2D eigenvalue weighted by molar-refractivity contribution is 0.143. The van der Waals surface area contributed by atoms with Crippen LogP contribution in [0, 0.1) is 0 Å². The minimum Gasteiger partial charge on any atom is -0.463 e. The van der Waals surface area contributed by atoms with Gasteiger partial charge in [-0.25, -0.2) is 9.78 Å². The van der Waals surface area contributed by atoms with Crippen LogP contribution in [-0.2, 0) is 6.54 Å². The van der Waals surface area contributed by atoms with E-state index in [1.54, 1.807) is 17.6 Å². The first-order chi connectivity index (χ1) is 12.8. The maximum absolute atomic E-state index is 12.3. The lowest BCUT2D eigenvalue weighted by Crippen LogP contribution is -2.49. The number of rotatable bonds is 4. The fourth-order valence-electron chi connectivity index (χ4n) is 2.95. The maximum atomic E-state index is 12.3. The number of nitrogens with zero attached hydrogens (tertiary/aromatic N) is 3. The van der Waals surface area contributed by atoms with Crippen molar-refractivity contribution in [3.05, 3.63) is 59.1 Å². The van der Waals surface area contributed by atoms with Crippen molar-refractivity contribution in [3.8, 4) is 11.5 Å². The van der Waals surface area contributed by atoms with Crippen molar-refractivity contribution in [1.29, 1.82) is 0 Å². The third kappa shape index (κ3) is 3.95. The zero-order chi connectivity index (χ0) is 17.8. The Morgan fingerprint density at radius 1 is 1.12 bits per heavy atom. The fraction of sp³-hybridized carbons (Fsp3) is 0.263. The van der Waals surface area contributed by atoms with Gasteiger partial charge in [-0.2, -0.15) is 0 Å². The molecule has 7 heteroatoms. The highest BCUT2D eigenvalue weighted by Crippen LogP contribution is 2.23.